The van der Waals surface area contributed by atoms with E-state index in [0.717, 1.165) is 25.7 Å². The van der Waals surface area contributed by atoms with Crippen LogP contribution in [0.1, 0.15) is 70.3 Å². The van der Waals surface area contributed by atoms with Crippen LogP contribution in [0.4, 0.5) is 0 Å². The first-order valence-corrected chi connectivity index (χ1v) is 9.36. The molecule has 116 valence electrons. The average molecular weight is 351 g/mol. The number of hydrogen-bond acceptors (Lipinski definition) is 1. The van der Waals surface area contributed by atoms with Gasteiger partial charge in [0.2, 0.25) is 0 Å². The summed E-state index contributed by atoms with van der Waals surface area (Å²) >= 11 is 3.69. The molecule has 0 aliphatic heterocycles. The molecule has 0 N–H and O–H groups in total. The van der Waals surface area contributed by atoms with Crippen molar-refractivity contribution in [1.82, 2.24) is 0 Å². The van der Waals surface area contributed by atoms with E-state index in [4.69, 9.17) is 0 Å². The Morgan fingerprint density at radius 2 is 1.81 bits per heavy atom. The average Bonchev–Trinajstić information content (AvgIpc) is 2.55. The van der Waals surface area contributed by atoms with Crippen molar-refractivity contribution in [3.8, 4) is 0 Å². The molecule has 21 heavy (non-hydrogen) atoms. The topological polar surface area (TPSA) is 17.1 Å². The third-order valence-electron chi connectivity index (χ3n) is 4.85. The molecular weight excluding hydrogens is 324 g/mol. The SMILES string of the molecule is CCCCCC(Br)C(=O)C1(c2ccccc2)CCCCC1. The number of Topliss-reactive ketones (excluding diaryl/α,β-unsaturated/α-hetero) is 1. The second kappa shape index (κ2) is 8.12. The Bertz CT molecular complexity index is 434. The van der Waals surface area contributed by atoms with Crippen LogP contribution in [0.3, 0.4) is 0 Å². The monoisotopic (exact) mass is 350 g/mol. The lowest BCUT2D eigenvalue weighted by Crippen LogP contribution is -2.42. The minimum Gasteiger partial charge on any atom is -0.297 e. The van der Waals surface area contributed by atoms with Crippen molar-refractivity contribution in [2.45, 2.75) is 75.0 Å². The van der Waals surface area contributed by atoms with Crippen molar-refractivity contribution in [3.63, 3.8) is 0 Å². The Kier molecular flexibility index (Phi) is 6.47. The maximum Gasteiger partial charge on any atom is 0.156 e. The normalized spacial score (nSPS) is 19.1. The van der Waals surface area contributed by atoms with Gasteiger partial charge in [0.1, 0.15) is 0 Å². The highest BCUT2D eigenvalue weighted by Crippen LogP contribution is 2.42. The van der Waals surface area contributed by atoms with E-state index in [1.165, 1.54) is 37.7 Å². The van der Waals surface area contributed by atoms with Crippen molar-refractivity contribution in [3.05, 3.63) is 35.9 Å². The number of carbonyl (C=O) groups excluding carboxylic acids is 1. The summed E-state index contributed by atoms with van der Waals surface area (Å²) in [5.41, 5.74) is 0.995. The van der Waals surface area contributed by atoms with Crippen LogP contribution in [0.25, 0.3) is 0 Å². The number of halogens is 1. The largest absolute Gasteiger partial charge is 0.297 e. The van der Waals surface area contributed by atoms with E-state index in [0.29, 0.717) is 5.78 Å². The van der Waals surface area contributed by atoms with Crippen molar-refractivity contribution in [1.29, 1.82) is 0 Å². The number of unbranched alkanes of at least 4 members (excludes halogenated alkanes) is 2. The maximum absolute atomic E-state index is 13.2. The Balaban J connectivity index is 2.18. The zero-order chi connectivity index (χ0) is 15.1. The Hall–Kier alpha value is -0.630. The van der Waals surface area contributed by atoms with Crippen LogP contribution in [0.2, 0.25) is 0 Å². The molecule has 0 saturated heterocycles. The lowest BCUT2D eigenvalue weighted by molar-refractivity contribution is -0.125. The van der Waals surface area contributed by atoms with Crippen molar-refractivity contribution in [2.24, 2.45) is 0 Å². The fourth-order valence-electron chi connectivity index (χ4n) is 3.59. The molecule has 2 rings (SSSR count). The van der Waals surface area contributed by atoms with Gasteiger partial charge < -0.3 is 0 Å². The molecule has 1 saturated carbocycles. The number of alkyl halides is 1. The molecular formula is C19H27BrO. The number of hydrogen-bond donors (Lipinski definition) is 0. The van der Waals surface area contributed by atoms with Crippen LogP contribution < -0.4 is 0 Å². The molecule has 0 spiro atoms. The smallest absolute Gasteiger partial charge is 0.156 e. The number of carbonyl (C=O) groups is 1. The zero-order valence-corrected chi connectivity index (χ0v) is 14.7. The van der Waals surface area contributed by atoms with Crippen LogP contribution in [0.15, 0.2) is 30.3 Å². The van der Waals surface area contributed by atoms with E-state index < -0.39 is 0 Å². The fraction of sp³-hybridized carbons (Fsp3) is 0.632. The Morgan fingerprint density at radius 3 is 2.43 bits per heavy atom. The summed E-state index contributed by atoms with van der Waals surface area (Å²) in [6, 6.07) is 10.5. The number of rotatable bonds is 7. The third-order valence-corrected chi connectivity index (χ3v) is 5.72. The first-order chi connectivity index (χ1) is 10.2. The molecule has 1 aromatic carbocycles. The predicted molar refractivity (Wildman–Crippen MR) is 93.1 cm³/mol. The minimum atomic E-state index is -0.236. The van der Waals surface area contributed by atoms with E-state index in [9.17, 15) is 4.79 Å². The maximum atomic E-state index is 13.2. The van der Waals surface area contributed by atoms with Gasteiger partial charge in [0.15, 0.2) is 5.78 Å². The molecule has 1 aliphatic carbocycles. The summed E-state index contributed by atoms with van der Waals surface area (Å²) in [5, 5.41) is 0. The zero-order valence-electron chi connectivity index (χ0n) is 13.1. The summed E-state index contributed by atoms with van der Waals surface area (Å²) in [6.45, 7) is 2.21. The Labute approximate surface area is 137 Å². The van der Waals surface area contributed by atoms with Gasteiger partial charge in [-0.3, -0.25) is 4.79 Å². The fourth-order valence-corrected chi connectivity index (χ4v) is 4.36. The molecule has 0 radical (unpaired) electrons. The predicted octanol–water partition coefficient (Wildman–Crippen LogP) is 5.80. The van der Waals surface area contributed by atoms with Crippen molar-refractivity contribution >= 4 is 21.7 Å². The summed E-state index contributed by atoms with van der Waals surface area (Å²) in [5.74, 6) is 0.421. The van der Waals surface area contributed by atoms with E-state index in [1.807, 2.05) is 6.07 Å². The van der Waals surface area contributed by atoms with Crippen LogP contribution >= 0.6 is 15.9 Å². The van der Waals surface area contributed by atoms with Gasteiger partial charge in [-0.25, -0.2) is 0 Å². The molecule has 1 atom stereocenters. The van der Waals surface area contributed by atoms with Gasteiger partial charge in [-0.15, -0.1) is 0 Å². The molecule has 1 unspecified atom stereocenters. The van der Waals surface area contributed by atoms with E-state index in [2.05, 4.69) is 47.1 Å². The molecule has 1 fully saturated rings. The highest BCUT2D eigenvalue weighted by molar-refractivity contribution is 9.10. The van der Waals surface area contributed by atoms with Gasteiger partial charge in [0, 0.05) is 0 Å². The summed E-state index contributed by atoms with van der Waals surface area (Å²) in [6.07, 6.45) is 10.2. The number of ketones is 1. The standard InChI is InChI=1S/C19H27BrO/c1-2-3-6-13-17(20)18(21)19(14-9-5-10-15-19)16-11-7-4-8-12-16/h4,7-8,11-12,17H,2-3,5-6,9-10,13-15H2,1H3. The summed E-state index contributed by atoms with van der Waals surface area (Å²) in [4.78, 5) is 13.2. The van der Waals surface area contributed by atoms with Gasteiger partial charge in [-0.1, -0.05) is 91.7 Å². The molecule has 0 heterocycles. The van der Waals surface area contributed by atoms with Crippen LogP contribution in [-0.2, 0) is 10.2 Å². The second-order valence-corrected chi connectivity index (χ2v) is 7.44. The van der Waals surface area contributed by atoms with Gasteiger partial charge in [-0.2, -0.15) is 0 Å². The minimum absolute atomic E-state index is 0.0161. The Morgan fingerprint density at radius 1 is 1.14 bits per heavy atom. The molecule has 0 amide bonds. The van der Waals surface area contributed by atoms with Crippen LogP contribution in [-0.4, -0.2) is 10.6 Å². The summed E-state index contributed by atoms with van der Waals surface area (Å²) < 4.78 is 0. The highest BCUT2D eigenvalue weighted by atomic mass is 79.9. The molecule has 0 aromatic heterocycles. The van der Waals surface area contributed by atoms with Crippen LogP contribution in [0.5, 0.6) is 0 Å². The van der Waals surface area contributed by atoms with E-state index >= 15 is 0 Å². The van der Waals surface area contributed by atoms with Gasteiger partial charge in [0.25, 0.3) is 0 Å². The van der Waals surface area contributed by atoms with E-state index in [1.54, 1.807) is 0 Å². The van der Waals surface area contributed by atoms with Gasteiger partial charge in [-0.05, 0) is 24.8 Å². The first kappa shape index (κ1) is 16.7. The van der Waals surface area contributed by atoms with Crippen molar-refractivity contribution < 1.29 is 4.79 Å². The molecule has 2 heteroatoms. The van der Waals surface area contributed by atoms with Gasteiger partial charge >= 0.3 is 0 Å². The molecule has 0 bridgehead atoms. The first-order valence-electron chi connectivity index (χ1n) is 8.44. The third kappa shape index (κ3) is 3.97. The highest BCUT2D eigenvalue weighted by Gasteiger charge is 2.42. The molecule has 1 nitrogen and oxygen atoms in total. The number of benzene rings is 1. The lowest BCUT2D eigenvalue weighted by atomic mass is 9.66. The van der Waals surface area contributed by atoms with Crippen LogP contribution in [0, 0.1) is 0 Å². The quantitative estimate of drug-likeness (QED) is 0.448. The van der Waals surface area contributed by atoms with Crippen molar-refractivity contribution in [2.75, 3.05) is 0 Å². The lowest BCUT2D eigenvalue weighted by Gasteiger charge is -2.38. The van der Waals surface area contributed by atoms with E-state index in [-0.39, 0.29) is 10.2 Å². The van der Waals surface area contributed by atoms with Gasteiger partial charge in [0.05, 0.1) is 10.2 Å². The second-order valence-electron chi connectivity index (χ2n) is 6.34. The summed E-state index contributed by atoms with van der Waals surface area (Å²) in [7, 11) is 0. The molecule has 1 aliphatic rings. The molecule has 1 aromatic rings.